The van der Waals surface area contributed by atoms with E-state index in [4.69, 9.17) is 4.74 Å². The second-order valence-electron chi connectivity index (χ2n) is 5.51. The third-order valence-corrected chi connectivity index (χ3v) is 3.98. The monoisotopic (exact) mass is 263 g/mol. The summed E-state index contributed by atoms with van der Waals surface area (Å²) in [4.78, 5) is 2.27. The lowest BCUT2D eigenvalue weighted by Gasteiger charge is -2.30. The average Bonchev–Trinajstić information content (AvgIpc) is 2.61. The summed E-state index contributed by atoms with van der Waals surface area (Å²) in [5, 5.41) is 9.90. The molecule has 0 bridgehead atoms. The fourth-order valence-corrected chi connectivity index (χ4v) is 3.06. The van der Waals surface area contributed by atoms with Crippen molar-refractivity contribution in [1.82, 2.24) is 4.90 Å². The van der Waals surface area contributed by atoms with Gasteiger partial charge in [-0.05, 0) is 37.4 Å². The van der Waals surface area contributed by atoms with Gasteiger partial charge in [0.1, 0.15) is 0 Å². The van der Waals surface area contributed by atoms with Crippen LogP contribution in [0.25, 0.3) is 0 Å². The highest BCUT2D eigenvalue weighted by Crippen LogP contribution is 2.32. The van der Waals surface area contributed by atoms with Gasteiger partial charge in [-0.2, -0.15) is 0 Å². The summed E-state index contributed by atoms with van der Waals surface area (Å²) in [5.41, 5.74) is 2.91. The maximum absolute atomic E-state index is 9.90. The minimum absolute atomic E-state index is 0.401. The minimum Gasteiger partial charge on any atom is -0.389 e. The van der Waals surface area contributed by atoms with Gasteiger partial charge < -0.3 is 9.84 Å². The predicted octanol–water partition coefficient (Wildman–Crippen LogP) is 2.39. The first-order valence-corrected chi connectivity index (χ1v) is 7.17. The molecule has 1 N–H and O–H groups in total. The smallest absolute Gasteiger partial charge is 0.0900 e. The Kier molecular flexibility index (Phi) is 5.37. The van der Waals surface area contributed by atoms with E-state index in [1.54, 1.807) is 7.11 Å². The topological polar surface area (TPSA) is 32.7 Å². The molecule has 0 fully saturated rings. The Balaban J connectivity index is 2.10. The lowest BCUT2D eigenvalue weighted by atomic mass is 9.98. The van der Waals surface area contributed by atoms with Gasteiger partial charge in [0, 0.05) is 19.7 Å². The fraction of sp³-hybridized carbons (Fsp3) is 0.625. The SMILES string of the molecule is COCC(O)CN(C)C1CCCCc2ccccc21. The molecule has 3 heteroatoms. The molecular formula is C16H25NO2. The number of aliphatic hydroxyl groups excluding tert-OH is 1. The van der Waals surface area contributed by atoms with E-state index in [2.05, 4.69) is 36.2 Å². The molecule has 1 aromatic carbocycles. The molecule has 0 saturated carbocycles. The zero-order chi connectivity index (χ0) is 13.7. The Labute approximate surface area is 116 Å². The summed E-state index contributed by atoms with van der Waals surface area (Å²) < 4.78 is 5.01. The number of ether oxygens (including phenoxy) is 1. The Morgan fingerprint density at radius 2 is 2.16 bits per heavy atom. The fourth-order valence-electron chi connectivity index (χ4n) is 3.06. The number of benzene rings is 1. The molecule has 2 unspecified atom stereocenters. The normalized spacial score (nSPS) is 20.9. The molecule has 3 nitrogen and oxygen atoms in total. The van der Waals surface area contributed by atoms with Gasteiger partial charge in [0.25, 0.3) is 0 Å². The van der Waals surface area contributed by atoms with Crippen molar-refractivity contribution < 1.29 is 9.84 Å². The first-order valence-electron chi connectivity index (χ1n) is 7.17. The van der Waals surface area contributed by atoms with Crippen molar-refractivity contribution in [3.8, 4) is 0 Å². The number of rotatable bonds is 5. The predicted molar refractivity (Wildman–Crippen MR) is 77.3 cm³/mol. The standard InChI is InChI=1S/C16H25NO2/c1-17(11-14(18)12-19-2)16-10-6-4-8-13-7-3-5-9-15(13)16/h3,5,7,9,14,16,18H,4,6,8,10-12H2,1-2H3. The molecule has 0 aliphatic heterocycles. The van der Waals surface area contributed by atoms with E-state index in [9.17, 15) is 5.11 Å². The zero-order valence-corrected chi connectivity index (χ0v) is 12.0. The van der Waals surface area contributed by atoms with Crippen molar-refractivity contribution in [3.63, 3.8) is 0 Å². The Morgan fingerprint density at radius 3 is 2.95 bits per heavy atom. The first-order chi connectivity index (χ1) is 9.22. The molecule has 2 rings (SSSR count). The van der Waals surface area contributed by atoms with Gasteiger partial charge >= 0.3 is 0 Å². The van der Waals surface area contributed by atoms with Crippen LogP contribution in [0.15, 0.2) is 24.3 Å². The number of aryl methyl sites for hydroxylation is 1. The van der Waals surface area contributed by atoms with E-state index >= 15 is 0 Å². The van der Waals surface area contributed by atoms with Crippen molar-refractivity contribution in [1.29, 1.82) is 0 Å². The maximum Gasteiger partial charge on any atom is 0.0900 e. The Morgan fingerprint density at radius 1 is 1.37 bits per heavy atom. The van der Waals surface area contributed by atoms with Crippen LogP contribution in [-0.2, 0) is 11.2 Å². The van der Waals surface area contributed by atoms with Crippen LogP contribution in [0.3, 0.4) is 0 Å². The third kappa shape index (κ3) is 3.78. The first kappa shape index (κ1) is 14.5. The van der Waals surface area contributed by atoms with Gasteiger partial charge in [0.2, 0.25) is 0 Å². The van der Waals surface area contributed by atoms with E-state index in [1.807, 2.05) is 0 Å². The second kappa shape index (κ2) is 7.04. The Bertz CT molecular complexity index is 394. The molecule has 1 aliphatic rings. The van der Waals surface area contributed by atoms with Crippen LogP contribution >= 0.6 is 0 Å². The number of hydrogen-bond donors (Lipinski definition) is 1. The molecule has 0 radical (unpaired) electrons. The highest BCUT2D eigenvalue weighted by molar-refractivity contribution is 5.31. The molecule has 106 valence electrons. The molecule has 1 aromatic rings. The number of fused-ring (bicyclic) bond motifs is 1. The van der Waals surface area contributed by atoms with Crippen LogP contribution < -0.4 is 0 Å². The molecule has 19 heavy (non-hydrogen) atoms. The summed E-state index contributed by atoms with van der Waals surface area (Å²) in [6.07, 6.45) is 4.46. The highest BCUT2D eigenvalue weighted by Gasteiger charge is 2.23. The molecule has 0 spiro atoms. The summed E-state index contributed by atoms with van der Waals surface area (Å²) >= 11 is 0. The summed E-state index contributed by atoms with van der Waals surface area (Å²) in [6.45, 7) is 1.06. The minimum atomic E-state index is -0.412. The number of methoxy groups -OCH3 is 1. The van der Waals surface area contributed by atoms with Gasteiger partial charge in [-0.25, -0.2) is 0 Å². The summed E-state index contributed by atoms with van der Waals surface area (Å²) in [6, 6.07) is 9.15. The second-order valence-corrected chi connectivity index (χ2v) is 5.51. The lowest BCUT2D eigenvalue weighted by molar-refractivity contribution is 0.0330. The van der Waals surface area contributed by atoms with Crippen molar-refractivity contribution in [2.24, 2.45) is 0 Å². The van der Waals surface area contributed by atoms with E-state index in [-0.39, 0.29) is 0 Å². The number of aliphatic hydroxyl groups is 1. The van der Waals surface area contributed by atoms with E-state index in [0.717, 1.165) is 0 Å². The number of likely N-dealkylation sites (N-methyl/N-ethyl adjacent to an activating group) is 1. The maximum atomic E-state index is 9.90. The van der Waals surface area contributed by atoms with Crippen molar-refractivity contribution in [2.45, 2.75) is 37.8 Å². The van der Waals surface area contributed by atoms with E-state index in [1.165, 1.54) is 36.8 Å². The van der Waals surface area contributed by atoms with Crippen molar-refractivity contribution >= 4 is 0 Å². The van der Waals surface area contributed by atoms with Crippen LogP contribution in [0.5, 0.6) is 0 Å². The van der Waals surface area contributed by atoms with Gasteiger partial charge in [-0.3, -0.25) is 4.90 Å². The van der Waals surface area contributed by atoms with Gasteiger partial charge in [0.05, 0.1) is 12.7 Å². The van der Waals surface area contributed by atoms with Crippen LogP contribution in [-0.4, -0.2) is 43.4 Å². The molecule has 0 heterocycles. The highest BCUT2D eigenvalue weighted by atomic mass is 16.5. The van der Waals surface area contributed by atoms with Gasteiger partial charge in [-0.1, -0.05) is 30.7 Å². The van der Waals surface area contributed by atoms with Crippen LogP contribution in [0, 0.1) is 0 Å². The lowest BCUT2D eigenvalue weighted by Crippen LogP contribution is -2.34. The zero-order valence-electron chi connectivity index (χ0n) is 12.0. The summed E-state index contributed by atoms with van der Waals surface area (Å²) in [7, 11) is 3.73. The molecule has 0 amide bonds. The average molecular weight is 263 g/mol. The third-order valence-electron chi connectivity index (χ3n) is 3.98. The van der Waals surface area contributed by atoms with Crippen LogP contribution in [0.4, 0.5) is 0 Å². The van der Waals surface area contributed by atoms with Crippen LogP contribution in [0.1, 0.15) is 36.4 Å². The van der Waals surface area contributed by atoms with Crippen molar-refractivity contribution in [2.75, 3.05) is 27.3 Å². The summed E-state index contributed by atoms with van der Waals surface area (Å²) in [5.74, 6) is 0. The van der Waals surface area contributed by atoms with Gasteiger partial charge in [0.15, 0.2) is 0 Å². The van der Waals surface area contributed by atoms with Crippen molar-refractivity contribution in [3.05, 3.63) is 35.4 Å². The Hall–Kier alpha value is -0.900. The quantitative estimate of drug-likeness (QED) is 0.828. The number of hydrogen-bond acceptors (Lipinski definition) is 3. The van der Waals surface area contributed by atoms with Gasteiger partial charge in [-0.15, -0.1) is 0 Å². The van der Waals surface area contributed by atoms with E-state index < -0.39 is 6.10 Å². The molecule has 0 aromatic heterocycles. The molecule has 2 atom stereocenters. The van der Waals surface area contributed by atoms with Crippen LogP contribution in [0.2, 0.25) is 0 Å². The molecular weight excluding hydrogens is 238 g/mol. The number of nitrogens with zero attached hydrogens (tertiary/aromatic N) is 1. The molecule has 1 aliphatic carbocycles. The molecule has 0 saturated heterocycles. The largest absolute Gasteiger partial charge is 0.389 e. The van der Waals surface area contributed by atoms with E-state index in [0.29, 0.717) is 19.2 Å².